The third kappa shape index (κ3) is 2.20. The number of ether oxygens (including phenoxy) is 1. The number of carbonyl (C=O) groups is 1. The zero-order chi connectivity index (χ0) is 13.2. The second-order valence-corrected chi connectivity index (χ2v) is 4.97. The van der Waals surface area contributed by atoms with Crippen molar-refractivity contribution in [3.05, 3.63) is 42.2 Å². The van der Waals surface area contributed by atoms with Crippen molar-refractivity contribution in [2.45, 2.75) is 0 Å². The number of carbonyl (C=O) groups excluding carboxylic acids is 1. The average Bonchev–Trinajstić information content (AvgIpc) is 2.90. The van der Waals surface area contributed by atoms with Crippen molar-refractivity contribution in [3.8, 4) is 16.3 Å². The zero-order valence-corrected chi connectivity index (χ0v) is 11.0. The summed E-state index contributed by atoms with van der Waals surface area (Å²) in [5, 5.41) is 0.883. The Morgan fingerprint density at radius 1 is 1.26 bits per heavy atom. The lowest BCUT2D eigenvalue weighted by molar-refractivity contribution is 0.111. The first-order valence-corrected chi connectivity index (χ1v) is 6.48. The summed E-state index contributed by atoms with van der Waals surface area (Å²) in [5.74, 6) is 0.791. The van der Waals surface area contributed by atoms with Crippen molar-refractivity contribution in [3.63, 3.8) is 0 Å². The minimum atomic E-state index is 0.423. The van der Waals surface area contributed by atoms with Crippen molar-refractivity contribution in [2.75, 3.05) is 7.11 Å². The molecule has 5 heteroatoms. The fraction of sp³-hybridized carbons (Fsp3) is 0.0714. The second kappa shape index (κ2) is 4.78. The molecule has 0 saturated heterocycles. The Hall–Kier alpha value is -2.27. The van der Waals surface area contributed by atoms with Crippen LogP contribution in [-0.4, -0.2) is 23.4 Å². The van der Waals surface area contributed by atoms with Crippen LogP contribution in [0.25, 0.3) is 20.8 Å². The molecule has 0 saturated carbocycles. The quantitative estimate of drug-likeness (QED) is 0.686. The highest BCUT2D eigenvalue weighted by Gasteiger charge is 2.07. The Bertz CT molecular complexity index is 735. The van der Waals surface area contributed by atoms with Gasteiger partial charge < -0.3 is 4.74 Å². The van der Waals surface area contributed by atoms with Gasteiger partial charge in [0.05, 0.1) is 17.3 Å². The molecule has 0 amide bonds. The van der Waals surface area contributed by atoms with Gasteiger partial charge in [0.25, 0.3) is 0 Å². The van der Waals surface area contributed by atoms with E-state index in [1.54, 1.807) is 30.7 Å². The number of thiazole rings is 1. The normalized spacial score (nSPS) is 10.6. The SMILES string of the molecule is COc1ccc2sc(-c3ccc(C=O)nc3)nc2c1. The van der Waals surface area contributed by atoms with Crippen LogP contribution in [0.5, 0.6) is 5.75 Å². The number of rotatable bonds is 3. The van der Waals surface area contributed by atoms with Gasteiger partial charge >= 0.3 is 0 Å². The lowest BCUT2D eigenvalue weighted by Crippen LogP contribution is -1.86. The predicted molar refractivity (Wildman–Crippen MR) is 74.8 cm³/mol. The van der Waals surface area contributed by atoms with E-state index in [1.807, 2.05) is 24.3 Å². The third-order valence-corrected chi connectivity index (χ3v) is 3.83. The van der Waals surface area contributed by atoms with E-state index < -0.39 is 0 Å². The standard InChI is InChI=1S/C14H10N2O2S/c1-18-11-4-5-13-12(6-11)16-14(19-13)9-2-3-10(8-17)15-7-9/h2-8H,1H3. The van der Waals surface area contributed by atoms with Crippen LogP contribution in [0.2, 0.25) is 0 Å². The number of aldehydes is 1. The van der Waals surface area contributed by atoms with Gasteiger partial charge in [-0.15, -0.1) is 11.3 Å². The first-order valence-electron chi connectivity index (χ1n) is 5.66. The number of benzene rings is 1. The molecule has 0 aliphatic carbocycles. The first-order chi connectivity index (χ1) is 9.30. The highest BCUT2D eigenvalue weighted by atomic mass is 32.1. The van der Waals surface area contributed by atoms with E-state index in [9.17, 15) is 4.79 Å². The Balaban J connectivity index is 2.06. The third-order valence-electron chi connectivity index (χ3n) is 2.75. The van der Waals surface area contributed by atoms with Crippen molar-refractivity contribution >= 4 is 27.8 Å². The van der Waals surface area contributed by atoms with E-state index in [-0.39, 0.29) is 0 Å². The van der Waals surface area contributed by atoms with Crippen LogP contribution in [0.4, 0.5) is 0 Å². The Labute approximate surface area is 113 Å². The minimum absolute atomic E-state index is 0.423. The number of hydrogen-bond donors (Lipinski definition) is 0. The molecule has 1 aromatic carbocycles. The molecule has 4 nitrogen and oxygen atoms in total. The number of methoxy groups -OCH3 is 1. The Kier molecular flexibility index (Phi) is 2.97. The number of hydrogen-bond acceptors (Lipinski definition) is 5. The molecular weight excluding hydrogens is 260 g/mol. The largest absolute Gasteiger partial charge is 0.497 e. The summed E-state index contributed by atoms with van der Waals surface area (Å²) >= 11 is 1.59. The van der Waals surface area contributed by atoms with Crippen LogP contribution in [0.3, 0.4) is 0 Å². The molecule has 3 rings (SSSR count). The first kappa shape index (κ1) is 11.8. The lowest BCUT2D eigenvalue weighted by Gasteiger charge is -1.96. The predicted octanol–water partition coefficient (Wildman–Crippen LogP) is 3.18. The van der Waals surface area contributed by atoms with Crippen molar-refractivity contribution in [2.24, 2.45) is 0 Å². The van der Waals surface area contributed by atoms with Gasteiger partial charge in [0.15, 0.2) is 6.29 Å². The molecule has 3 aromatic rings. The van der Waals surface area contributed by atoms with Gasteiger partial charge in [0.1, 0.15) is 16.5 Å². The zero-order valence-electron chi connectivity index (χ0n) is 10.2. The molecule has 0 atom stereocenters. The molecule has 0 radical (unpaired) electrons. The van der Waals surface area contributed by atoms with Gasteiger partial charge in [-0.3, -0.25) is 9.78 Å². The number of aromatic nitrogens is 2. The molecule has 0 fully saturated rings. The minimum Gasteiger partial charge on any atom is -0.497 e. The van der Waals surface area contributed by atoms with Crippen molar-refractivity contribution < 1.29 is 9.53 Å². The van der Waals surface area contributed by atoms with Crippen molar-refractivity contribution in [1.82, 2.24) is 9.97 Å². The van der Waals surface area contributed by atoms with E-state index in [4.69, 9.17) is 4.74 Å². The number of pyridine rings is 1. The van der Waals surface area contributed by atoms with Gasteiger partial charge in [-0.05, 0) is 24.3 Å². The summed E-state index contributed by atoms with van der Waals surface area (Å²) in [4.78, 5) is 19.2. The van der Waals surface area contributed by atoms with E-state index >= 15 is 0 Å². The molecule has 0 N–H and O–H groups in total. The fourth-order valence-corrected chi connectivity index (χ4v) is 2.70. The highest BCUT2D eigenvalue weighted by Crippen LogP contribution is 2.31. The van der Waals surface area contributed by atoms with Gasteiger partial charge in [-0.2, -0.15) is 0 Å². The molecule has 0 spiro atoms. The summed E-state index contributed by atoms with van der Waals surface area (Å²) < 4.78 is 6.27. The molecule has 0 aliphatic heterocycles. The summed E-state index contributed by atoms with van der Waals surface area (Å²) in [6, 6.07) is 9.35. The van der Waals surface area contributed by atoms with Crippen LogP contribution in [-0.2, 0) is 0 Å². The molecular formula is C14H10N2O2S. The molecule has 94 valence electrons. The fourth-order valence-electron chi connectivity index (χ4n) is 1.76. The van der Waals surface area contributed by atoms with Gasteiger partial charge in [0, 0.05) is 17.8 Å². The lowest BCUT2D eigenvalue weighted by atomic mass is 10.2. The van der Waals surface area contributed by atoms with Crippen molar-refractivity contribution in [1.29, 1.82) is 0 Å². The Morgan fingerprint density at radius 2 is 2.16 bits per heavy atom. The van der Waals surface area contributed by atoms with Crippen LogP contribution in [0, 0.1) is 0 Å². The van der Waals surface area contributed by atoms with Gasteiger partial charge in [-0.25, -0.2) is 4.98 Å². The summed E-state index contributed by atoms with van der Waals surface area (Å²) in [6.45, 7) is 0. The van der Waals surface area contributed by atoms with Gasteiger partial charge in [-0.1, -0.05) is 0 Å². The summed E-state index contributed by atoms with van der Waals surface area (Å²) in [6.07, 6.45) is 2.39. The highest BCUT2D eigenvalue weighted by molar-refractivity contribution is 7.21. The smallest absolute Gasteiger partial charge is 0.168 e. The van der Waals surface area contributed by atoms with Crippen LogP contribution in [0.1, 0.15) is 10.5 Å². The Morgan fingerprint density at radius 3 is 2.84 bits per heavy atom. The van der Waals surface area contributed by atoms with E-state index in [0.717, 1.165) is 32.8 Å². The average molecular weight is 270 g/mol. The van der Waals surface area contributed by atoms with Crippen LogP contribution >= 0.6 is 11.3 Å². The number of nitrogens with zero attached hydrogens (tertiary/aromatic N) is 2. The maximum atomic E-state index is 10.6. The van der Waals surface area contributed by atoms with E-state index in [2.05, 4.69) is 9.97 Å². The van der Waals surface area contributed by atoms with Crippen LogP contribution in [0.15, 0.2) is 36.5 Å². The van der Waals surface area contributed by atoms with E-state index in [0.29, 0.717) is 5.69 Å². The summed E-state index contributed by atoms with van der Waals surface area (Å²) in [7, 11) is 1.64. The van der Waals surface area contributed by atoms with Gasteiger partial charge in [0.2, 0.25) is 0 Å². The van der Waals surface area contributed by atoms with E-state index in [1.165, 1.54) is 0 Å². The second-order valence-electron chi connectivity index (χ2n) is 3.94. The molecule has 2 heterocycles. The summed E-state index contributed by atoms with van der Waals surface area (Å²) in [5.41, 5.74) is 2.23. The maximum absolute atomic E-state index is 10.6. The topological polar surface area (TPSA) is 52.1 Å². The molecule has 2 aromatic heterocycles. The monoisotopic (exact) mass is 270 g/mol. The molecule has 0 bridgehead atoms. The van der Waals surface area contributed by atoms with Crippen LogP contribution < -0.4 is 4.74 Å². The molecule has 0 aliphatic rings. The maximum Gasteiger partial charge on any atom is 0.168 e. The number of fused-ring (bicyclic) bond motifs is 1. The molecule has 0 unspecified atom stereocenters. The molecule has 19 heavy (non-hydrogen) atoms.